The molecule has 0 radical (unpaired) electrons. The minimum atomic E-state index is 0.687. The molecule has 0 amide bonds. The monoisotopic (exact) mass is 182 g/mol. The van der Waals surface area contributed by atoms with Crippen LogP contribution >= 0.6 is 0 Å². The van der Waals surface area contributed by atoms with Crippen molar-refractivity contribution in [2.24, 2.45) is 0 Å². The third kappa shape index (κ3) is 1.11. The maximum Gasteiger partial charge on any atom is 0.0998 e. The SMILES string of the molecule is Cc1cc(C#N)c2ccccc2c1N. The molecule has 0 fully saturated rings. The average molecular weight is 182 g/mol. The highest BCUT2D eigenvalue weighted by Crippen LogP contribution is 2.27. The van der Waals surface area contributed by atoms with E-state index < -0.39 is 0 Å². The Hall–Kier alpha value is -2.01. The van der Waals surface area contributed by atoms with Crippen LogP contribution in [-0.2, 0) is 0 Å². The Bertz CT molecular complexity index is 536. The second-order valence-electron chi connectivity index (χ2n) is 3.31. The fraction of sp³-hybridized carbons (Fsp3) is 0.0833. The van der Waals surface area contributed by atoms with Gasteiger partial charge in [0.2, 0.25) is 0 Å². The van der Waals surface area contributed by atoms with E-state index in [1.54, 1.807) is 0 Å². The summed E-state index contributed by atoms with van der Waals surface area (Å²) in [4.78, 5) is 0. The fourth-order valence-corrected chi connectivity index (χ4v) is 1.63. The van der Waals surface area contributed by atoms with E-state index >= 15 is 0 Å². The minimum Gasteiger partial charge on any atom is -0.398 e. The molecule has 2 nitrogen and oxygen atoms in total. The Labute approximate surface area is 82.6 Å². The lowest BCUT2D eigenvalue weighted by Crippen LogP contribution is -1.93. The number of nitrogens with two attached hydrogens (primary N) is 1. The second-order valence-corrected chi connectivity index (χ2v) is 3.31. The van der Waals surface area contributed by atoms with E-state index in [0.29, 0.717) is 5.56 Å². The third-order valence-corrected chi connectivity index (χ3v) is 2.41. The molecule has 2 aromatic carbocycles. The first-order valence-electron chi connectivity index (χ1n) is 4.42. The molecule has 2 heteroatoms. The van der Waals surface area contributed by atoms with Crippen LogP contribution in [0.2, 0.25) is 0 Å². The Balaban J connectivity index is 2.99. The lowest BCUT2D eigenvalue weighted by molar-refractivity contribution is 1.45. The van der Waals surface area contributed by atoms with Crippen LogP contribution in [0, 0.1) is 18.3 Å². The molecule has 2 aromatic rings. The van der Waals surface area contributed by atoms with Crippen molar-refractivity contribution < 1.29 is 0 Å². The molecule has 0 bridgehead atoms. The highest BCUT2D eigenvalue weighted by atomic mass is 14.6. The molecule has 0 saturated heterocycles. The van der Waals surface area contributed by atoms with Crippen molar-refractivity contribution in [2.45, 2.75) is 6.92 Å². The molecule has 0 heterocycles. The van der Waals surface area contributed by atoms with Crippen molar-refractivity contribution in [3.05, 3.63) is 41.5 Å². The predicted octanol–water partition coefficient (Wildman–Crippen LogP) is 2.60. The number of fused-ring (bicyclic) bond motifs is 1. The molecule has 14 heavy (non-hydrogen) atoms. The molecule has 0 aliphatic carbocycles. The van der Waals surface area contributed by atoms with Gasteiger partial charge >= 0.3 is 0 Å². The van der Waals surface area contributed by atoms with Gasteiger partial charge in [-0.25, -0.2) is 0 Å². The van der Waals surface area contributed by atoms with E-state index in [1.807, 2.05) is 37.3 Å². The van der Waals surface area contributed by atoms with Crippen molar-refractivity contribution >= 4 is 16.5 Å². The summed E-state index contributed by atoms with van der Waals surface area (Å²) < 4.78 is 0. The Kier molecular flexibility index (Phi) is 1.86. The standard InChI is InChI=1S/C12H10N2/c1-8-6-9(7-13)10-4-2-3-5-11(10)12(8)14/h2-6H,14H2,1H3. The first kappa shape index (κ1) is 8.58. The third-order valence-electron chi connectivity index (χ3n) is 2.41. The Morgan fingerprint density at radius 1 is 1.21 bits per heavy atom. The van der Waals surface area contributed by atoms with Crippen molar-refractivity contribution in [3.8, 4) is 6.07 Å². The van der Waals surface area contributed by atoms with Gasteiger partial charge in [0, 0.05) is 16.5 Å². The smallest absolute Gasteiger partial charge is 0.0998 e. The van der Waals surface area contributed by atoms with Gasteiger partial charge in [0.1, 0.15) is 0 Å². The zero-order valence-corrected chi connectivity index (χ0v) is 7.91. The highest BCUT2D eigenvalue weighted by molar-refractivity contribution is 5.97. The van der Waals surface area contributed by atoms with Crippen LogP contribution in [0.1, 0.15) is 11.1 Å². The molecule has 0 saturated carbocycles. The Morgan fingerprint density at radius 3 is 2.50 bits per heavy atom. The number of nitrogens with zero attached hydrogens (tertiary/aromatic N) is 1. The topological polar surface area (TPSA) is 49.8 Å². The Morgan fingerprint density at radius 2 is 1.86 bits per heavy atom. The highest BCUT2D eigenvalue weighted by Gasteiger charge is 2.05. The molecule has 0 aromatic heterocycles. The van der Waals surface area contributed by atoms with Crippen LogP contribution in [0.4, 0.5) is 5.69 Å². The molecule has 0 atom stereocenters. The maximum atomic E-state index is 8.96. The largest absolute Gasteiger partial charge is 0.398 e. The van der Waals surface area contributed by atoms with Crippen LogP contribution in [0.25, 0.3) is 10.8 Å². The van der Waals surface area contributed by atoms with Crippen molar-refractivity contribution in [1.29, 1.82) is 5.26 Å². The number of nitrogen functional groups attached to an aromatic ring is 1. The first-order chi connectivity index (χ1) is 6.74. The van der Waals surface area contributed by atoms with Crippen LogP contribution < -0.4 is 5.73 Å². The van der Waals surface area contributed by atoms with E-state index in [4.69, 9.17) is 11.0 Å². The minimum absolute atomic E-state index is 0.687. The van der Waals surface area contributed by atoms with Gasteiger partial charge in [0.15, 0.2) is 0 Å². The number of hydrogen-bond acceptors (Lipinski definition) is 2. The molecule has 0 aliphatic heterocycles. The number of anilines is 1. The molecule has 2 rings (SSSR count). The summed E-state index contributed by atoms with van der Waals surface area (Å²) in [5.41, 5.74) is 8.34. The zero-order chi connectivity index (χ0) is 10.1. The van der Waals surface area contributed by atoms with Gasteiger partial charge in [0.05, 0.1) is 11.6 Å². The molecule has 68 valence electrons. The molecule has 2 N–H and O–H groups in total. The van der Waals surface area contributed by atoms with Gasteiger partial charge < -0.3 is 5.73 Å². The normalized spacial score (nSPS) is 10.0. The molecular formula is C12H10N2. The number of aryl methyl sites for hydroxylation is 1. The number of benzene rings is 2. The number of rotatable bonds is 0. The first-order valence-corrected chi connectivity index (χ1v) is 4.42. The maximum absolute atomic E-state index is 8.96. The van der Waals surface area contributed by atoms with Gasteiger partial charge in [-0.3, -0.25) is 0 Å². The lowest BCUT2D eigenvalue weighted by atomic mass is 10.00. The van der Waals surface area contributed by atoms with Crippen molar-refractivity contribution in [3.63, 3.8) is 0 Å². The summed E-state index contributed by atoms with van der Waals surface area (Å²) in [5, 5.41) is 10.9. The zero-order valence-electron chi connectivity index (χ0n) is 7.91. The quantitative estimate of drug-likeness (QED) is 0.636. The summed E-state index contributed by atoms with van der Waals surface area (Å²) in [6.07, 6.45) is 0. The van der Waals surface area contributed by atoms with E-state index in [9.17, 15) is 0 Å². The number of nitriles is 1. The fourth-order valence-electron chi connectivity index (χ4n) is 1.63. The number of hydrogen-bond donors (Lipinski definition) is 1. The van der Waals surface area contributed by atoms with Gasteiger partial charge in [-0.1, -0.05) is 24.3 Å². The lowest BCUT2D eigenvalue weighted by Gasteiger charge is -2.06. The predicted molar refractivity (Wildman–Crippen MR) is 57.8 cm³/mol. The summed E-state index contributed by atoms with van der Waals surface area (Å²) in [7, 11) is 0. The summed E-state index contributed by atoms with van der Waals surface area (Å²) >= 11 is 0. The summed E-state index contributed by atoms with van der Waals surface area (Å²) in [6.45, 7) is 1.92. The van der Waals surface area contributed by atoms with Crippen LogP contribution in [0.5, 0.6) is 0 Å². The van der Waals surface area contributed by atoms with Crippen molar-refractivity contribution in [2.75, 3.05) is 5.73 Å². The van der Waals surface area contributed by atoms with Gasteiger partial charge in [-0.15, -0.1) is 0 Å². The van der Waals surface area contributed by atoms with Crippen molar-refractivity contribution in [1.82, 2.24) is 0 Å². The van der Waals surface area contributed by atoms with Crippen LogP contribution in [0.3, 0.4) is 0 Å². The van der Waals surface area contributed by atoms with E-state index in [0.717, 1.165) is 22.0 Å². The van der Waals surface area contributed by atoms with Gasteiger partial charge in [-0.05, 0) is 18.6 Å². The molecule has 0 aliphatic rings. The van der Waals surface area contributed by atoms with E-state index in [1.165, 1.54) is 0 Å². The van der Waals surface area contributed by atoms with E-state index in [-0.39, 0.29) is 0 Å². The second kappa shape index (κ2) is 3.04. The van der Waals surface area contributed by atoms with E-state index in [2.05, 4.69) is 6.07 Å². The van der Waals surface area contributed by atoms with Crippen LogP contribution in [-0.4, -0.2) is 0 Å². The summed E-state index contributed by atoms with van der Waals surface area (Å²) in [5.74, 6) is 0. The van der Waals surface area contributed by atoms with Crippen LogP contribution in [0.15, 0.2) is 30.3 Å². The summed E-state index contributed by atoms with van der Waals surface area (Å²) in [6, 6.07) is 11.7. The van der Waals surface area contributed by atoms with Gasteiger partial charge in [-0.2, -0.15) is 5.26 Å². The molecular weight excluding hydrogens is 172 g/mol. The molecule has 0 unspecified atom stereocenters. The molecule has 0 spiro atoms. The van der Waals surface area contributed by atoms with Gasteiger partial charge in [0.25, 0.3) is 0 Å². The average Bonchev–Trinajstić information content (AvgIpc) is 2.23.